The molecule has 4 heterocycles. The van der Waals surface area contributed by atoms with Gasteiger partial charge in [-0.25, -0.2) is 9.37 Å². The van der Waals surface area contributed by atoms with Crippen LogP contribution in [-0.4, -0.2) is 36.4 Å². The Morgan fingerprint density at radius 3 is 2.66 bits per heavy atom. The van der Waals surface area contributed by atoms with E-state index in [4.69, 9.17) is 9.72 Å². The quantitative estimate of drug-likeness (QED) is 0.245. The first kappa shape index (κ1) is 29.1. The second-order valence-electron chi connectivity index (χ2n) is 12.9. The highest BCUT2D eigenvalue weighted by Gasteiger charge is 2.53. The van der Waals surface area contributed by atoms with Crippen molar-refractivity contribution in [2.45, 2.75) is 75.9 Å². The van der Waals surface area contributed by atoms with Crippen molar-refractivity contribution < 1.29 is 27.3 Å². The molecule has 1 saturated carbocycles. The van der Waals surface area contributed by atoms with Gasteiger partial charge in [0.05, 0.1) is 23.1 Å². The number of imidazole rings is 1. The van der Waals surface area contributed by atoms with Gasteiger partial charge in [-0.15, -0.1) is 4.72 Å². The lowest BCUT2D eigenvalue weighted by Gasteiger charge is -2.48. The number of nitrogens with zero attached hydrogens (tertiary/aromatic N) is 3. The summed E-state index contributed by atoms with van der Waals surface area (Å²) < 4.78 is 65.1. The number of carbonyl (C=O) groups is 1. The molecule has 2 N–H and O–H groups in total. The Hall–Kier alpha value is -3.61. The number of halogens is 3. The Kier molecular flexibility index (Phi) is 6.76. The largest absolute Gasteiger partial charge is 0.598 e. The van der Waals surface area contributed by atoms with Crippen molar-refractivity contribution in [1.82, 2.24) is 24.6 Å². The number of pyridine rings is 1. The molecule has 0 saturated heterocycles. The van der Waals surface area contributed by atoms with Crippen LogP contribution in [0.3, 0.4) is 0 Å². The van der Waals surface area contributed by atoms with E-state index in [-0.39, 0.29) is 28.8 Å². The summed E-state index contributed by atoms with van der Waals surface area (Å²) in [6, 6.07) is 10.7. The molecule has 0 radical (unpaired) electrons. The summed E-state index contributed by atoms with van der Waals surface area (Å²) in [6.45, 7) is 4.58. The monoisotopic (exact) mass is 623 g/mol. The molecule has 1 aliphatic carbocycles. The van der Waals surface area contributed by atoms with Crippen molar-refractivity contribution >= 4 is 28.3 Å². The number of carbonyl (C=O) groups excluding carboxylic acids is 1. The van der Waals surface area contributed by atoms with E-state index < -0.39 is 46.2 Å². The molecule has 1 amide bonds. The van der Waals surface area contributed by atoms with Gasteiger partial charge in [-0.05, 0) is 81.8 Å². The summed E-state index contributed by atoms with van der Waals surface area (Å²) in [4.78, 5) is 22.4. The van der Waals surface area contributed by atoms with Crippen LogP contribution in [0.1, 0.15) is 86.5 Å². The van der Waals surface area contributed by atoms with Crippen molar-refractivity contribution in [1.29, 1.82) is 0 Å². The van der Waals surface area contributed by atoms with Gasteiger partial charge in [0, 0.05) is 34.2 Å². The molecule has 0 unspecified atom stereocenters. The highest BCUT2D eigenvalue weighted by Crippen LogP contribution is 2.49. The minimum Gasteiger partial charge on any atom is -0.598 e. The summed E-state index contributed by atoms with van der Waals surface area (Å²) in [7, 11) is 0. The smallest absolute Gasteiger partial charge is 0.387 e. The molecule has 2 aromatic heterocycles. The number of hydrogen-bond acceptors (Lipinski definition) is 6. The van der Waals surface area contributed by atoms with Crippen molar-refractivity contribution in [3.8, 4) is 16.9 Å². The van der Waals surface area contributed by atoms with Gasteiger partial charge in [-0.3, -0.25) is 9.78 Å². The Morgan fingerprint density at radius 2 is 2.00 bits per heavy atom. The topological polar surface area (TPSA) is 104 Å². The van der Waals surface area contributed by atoms with Crippen LogP contribution in [0.2, 0.25) is 0 Å². The van der Waals surface area contributed by atoms with Gasteiger partial charge in [0.1, 0.15) is 33.4 Å². The molecule has 2 aliphatic heterocycles. The van der Waals surface area contributed by atoms with Gasteiger partial charge < -0.3 is 19.2 Å². The molecule has 5 atom stereocenters. The summed E-state index contributed by atoms with van der Waals surface area (Å²) in [5.41, 5.74) is 2.72. The molecule has 1 fully saturated rings. The Labute approximate surface area is 255 Å². The SMILES string of the molecule is C[C@@H]1CC[C@@]1(N[S@@+]([O-])C(C)(C)C)c1ncc(-c2ccc3nc4n(c3c2)[C@@H]2C[C@H]4NC(=O)c3cccc(OC(F)F)c32)cc1F. The maximum absolute atomic E-state index is 15.9. The zero-order valence-corrected chi connectivity index (χ0v) is 25.5. The first-order valence-corrected chi connectivity index (χ1v) is 15.8. The zero-order chi connectivity index (χ0) is 31.1. The Balaban J connectivity index is 1.29. The summed E-state index contributed by atoms with van der Waals surface area (Å²) >= 11 is -1.41. The molecule has 4 aromatic rings. The molecule has 0 spiro atoms. The molecule has 3 aliphatic rings. The van der Waals surface area contributed by atoms with Crippen LogP contribution in [0.15, 0.2) is 48.7 Å². The lowest BCUT2D eigenvalue weighted by molar-refractivity contribution is -0.0507. The minimum atomic E-state index is -3.05. The number of fused-ring (bicyclic) bond motifs is 9. The Bertz CT molecular complexity index is 1810. The maximum Gasteiger partial charge on any atom is 0.387 e. The number of aromatic nitrogens is 3. The van der Waals surface area contributed by atoms with Gasteiger partial charge in [0.25, 0.3) is 5.91 Å². The third-order valence-corrected chi connectivity index (χ3v) is 10.9. The second kappa shape index (κ2) is 10.2. The van der Waals surface area contributed by atoms with Crippen molar-refractivity contribution in [2.75, 3.05) is 0 Å². The second-order valence-corrected chi connectivity index (χ2v) is 14.8. The normalized spacial score (nSPS) is 24.8. The van der Waals surface area contributed by atoms with Crippen LogP contribution in [0, 0.1) is 11.7 Å². The zero-order valence-electron chi connectivity index (χ0n) is 24.7. The van der Waals surface area contributed by atoms with Crippen LogP contribution < -0.4 is 14.8 Å². The number of nitrogens with one attached hydrogen (secondary N) is 2. The highest BCUT2D eigenvalue weighted by molar-refractivity contribution is 7.90. The third-order valence-electron chi connectivity index (χ3n) is 9.21. The van der Waals surface area contributed by atoms with E-state index >= 15 is 4.39 Å². The first-order chi connectivity index (χ1) is 20.9. The van der Waals surface area contributed by atoms with Crippen LogP contribution >= 0.6 is 0 Å². The average Bonchev–Trinajstić information content (AvgIpc) is 3.46. The van der Waals surface area contributed by atoms with Crippen LogP contribution in [-0.2, 0) is 16.9 Å². The van der Waals surface area contributed by atoms with E-state index in [9.17, 15) is 18.1 Å². The molecule has 44 heavy (non-hydrogen) atoms. The number of hydrogen-bond donors (Lipinski definition) is 2. The highest BCUT2D eigenvalue weighted by atomic mass is 32.2. The lowest BCUT2D eigenvalue weighted by Crippen LogP contribution is -2.60. The summed E-state index contributed by atoms with van der Waals surface area (Å²) in [6.07, 6.45) is 3.56. The van der Waals surface area contributed by atoms with Crippen molar-refractivity contribution in [3.05, 3.63) is 77.1 Å². The number of alkyl halides is 2. The fourth-order valence-electron chi connectivity index (χ4n) is 6.71. The molecular formula is C32H32F3N5O3S. The maximum atomic E-state index is 15.9. The van der Waals surface area contributed by atoms with Gasteiger partial charge in [-0.2, -0.15) is 8.78 Å². The number of amides is 1. The summed E-state index contributed by atoms with van der Waals surface area (Å²) in [5.74, 6) is -0.230. The van der Waals surface area contributed by atoms with Gasteiger partial charge >= 0.3 is 6.61 Å². The van der Waals surface area contributed by atoms with E-state index in [2.05, 4.69) is 15.0 Å². The van der Waals surface area contributed by atoms with Crippen molar-refractivity contribution in [3.63, 3.8) is 0 Å². The van der Waals surface area contributed by atoms with Gasteiger partial charge in [-0.1, -0.05) is 19.1 Å². The predicted octanol–water partition coefficient (Wildman–Crippen LogP) is 6.29. The molecular weight excluding hydrogens is 591 g/mol. The Morgan fingerprint density at radius 1 is 1.20 bits per heavy atom. The lowest BCUT2D eigenvalue weighted by atomic mass is 9.66. The van der Waals surface area contributed by atoms with Crippen LogP contribution in [0.5, 0.6) is 5.75 Å². The predicted molar refractivity (Wildman–Crippen MR) is 160 cm³/mol. The van der Waals surface area contributed by atoms with E-state index in [1.165, 1.54) is 18.2 Å². The molecule has 12 heteroatoms. The van der Waals surface area contributed by atoms with Crippen molar-refractivity contribution in [2.24, 2.45) is 5.92 Å². The van der Waals surface area contributed by atoms with E-state index in [1.54, 1.807) is 12.3 Å². The number of rotatable bonds is 6. The fourth-order valence-corrected chi connectivity index (χ4v) is 7.74. The third kappa shape index (κ3) is 4.49. The first-order valence-electron chi connectivity index (χ1n) is 14.6. The molecule has 230 valence electrons. The minimum absolute atomic E-state index is 0.0498. The van der Waals surface area contributed by atoms with E-state index in [0.717, 1.165) is 11.9 Å². The number of ether oxygens (including phenoxy) is 1. The molecule has 8 nitrogen and oxygen atoms in total. The van der Waals surface area contributed by atoms with Gasteiger partial charge in [0.2, 0.25) is 0 Å². The average molecular weight is 624 g/mol. The summed E-state index contributed by atoms with van der Waals surface area (Å²) in [5, 5.41) is 2.98. The van der Waals surface area contributed by atoms with E-state index in [0.29, 0.717) is 40.9 Å². The number of benzene rings is 2. The molecule has 7 rings (SSSR count). The van der Waals surface area contributed by atoms with E-state index in [1.807, 2.05) is 50.5 Å². The molecule has 2 aromatic carbocycles. The van der Waals surface area contributed by atoms with Crippen LogP contribution in [0.4, 0.5) is 13.2 Å². The van der Waals surface area contributed by atoms with Crippen LogP contribution in [0.25, 0.3) is 22.2 Å². The fraction of sp³-hybridized carbons (Fsp3) is 0.406. The molecule has 2 bridgehead atoms. The standard InChI is InChI=1S/C32H32F3N5O3S/c1-16-10-11-32(16,39-44(42)31(2,3)4)27-20(33)12-18(15-36-27)17-8-9-21-23(13-17)40-24-14-22(28(40)37-21)38-29(41)19-6-5-7-25(26(19)24)43-30(34)35/h5-9,12-13,15-16,22,24,30,39H,10-11,14H2,1-4H3,(H,38,41)/t16-,22-,24-,32+,44+/m1/s1. The van der Waals surface area contributed by atoms with Gasteiger partial charge in [0.15, 0.2) is 0 Å².